The molecular weight excluding hydrogens is 371 g/mol. The molecule has 2 heterocycles. The van der Waals surface area contributed by atoms with E-state index in [1.807, 2.05) is 0 Å². The third-order valence-corrected chi connectivity index (χ3v) is 6.81. The van der Waals surface area contributed by atoms with Crippen LogP contribution in [0.25, 0.3) is 0 Å². The number of hydrogen-bond acceptors (Lipinski definition) is 4. The van der Waals surface area contributed by atoms with E-state index < -0.39 is 22.2 Å². The Labute approximate surface area is 151 Å². The Balaban J connectivity index is 1.91. The van der Waals surface area contributed by atoms with Gasteiger partial charge in [-0.1, -0.05) is 11.6 Å². The number of benzene rings is 1. The Morgan fingerprint density at radius 2 is 2.00 bits per heavy atom. The molecule has 0 spiro atoms. The first-order valence-corrected chi connectivity index (χ1v) is 9.91. The van der Waals surface area contributed by atoms with Crippen molar-refractivity contribution in [1.29, 1.82) is 0 Å². The monoisotopic (exact) mass is 390 g/mol. The van der Waals surface area contributed by atoms with Crippen LogP contribution in [0.2, 0.25) is 5.02 Å². The molecule has 2 atom stereocenters. The highest BCUT2D eigenvalue weighted by Crippen LogP contribution is 2.31. The van der Waals surface area contributed by atoms with Gasteiger partial charge in [-0.3, -0.25) is 4.79 Å². The first-order valence-electron chi connectivity index (χ1n) is 8.09. The van der Waals surface area contributed by atoms with Crippen LogP contribution < -0.4 is 0 Å². The second-order valence-corrected chi connectivity index (χ2v) is 8.57. The highest BCUT2D eigenvalue weighted by atomic mass is 35.5. The number of hydrogen-bond donors (Lipinski definition) is 0. The number of ether oxygens (including phenoxy) is 1. The predicted molar refractivity (Wildman–Crippen MR) is 90.8 cm³/mol. The number of aryl methyl sites for hydroxylation is 1. The number of halogens is 2. The predicted octanol–water partition coefficient (Wildman–Crippen LogP) is 1.61. The second kappa shape index (κ2) is 7.19. The van der Waals surface area contributed by atoms with Gasteiger partial charge in [0.05, 0.1) is 18.1 Å². The van der Waals surface area contributed by atoms with E-state index in [9.17, 15) is 17.6 Å². The number of amides is 1. The number of carbonyl (C=O) groups excluding carboxylic acids is 1. The van der Waals surface area contributed by atoms with Crippen LogP contribution >= 0.6 is 11.6 Å². The van der Waals surface area contributed by atoms with Crippen molar-refractivity contribution in [3.8, 4) is 0 Å². The summed E-state index contributed by atoms with van der Waals surface area (Å²) in [4.78, 5) is 14.3. The molecular formula is C16H20ClFN2O4S. The molecule has 0 unspecified atom stereocenters. The lowest BCUT2D eigenvalue weighted by atomic mass is 10.2. The first kappa shape index (κ1) is 18.6. The average Bonchev–Trinajstić information content (AvgIpc) is 2.97. The van der Waals surface area contributed by atoms with Crippen LogP contribution in [0, 0.1) is 6.92 Å². The van der Waals surface area contributed by atoms with Gasteiger partial charge in [0.2, 0.25) is 15.9 Å². The number of carbonyl (C=O) groups is 1. The summed E-state index contributed by atoms with van der Waals surface area (Å²) < 4.78 is 46.3. The van der Waals surface area contributed by atoms with E-state index in [1.165, 1.54) is 18.2 Å². The van der Waals surface area contributed by atoms with Crippen LogP contribution in [0.5, 0.6) is 0 Å². The van der Waals surface area contributed by atoms with Crippen molar-refractivity contribution < 1.29 is 22.3 Å². The quantitative estimate of drug-likeness (QED) is 0.786. The maximum atomic E-state index is 14.0. The fraction of sp³-hybridized carbons (Fsp3) is 0.562. The van der Waals surface area contributed by atoms with Gasteiger partial charge in [-0.15, -0.1) is 0 Å². The second-order valence-electron chi connectivity index (χ2n) is 6.27. The zero-order valence-corrected chi connectivity index (χ0v) is 15.4. The Morgan fingerprint density at radius 1 is 1.32 bits per heavy atom. The largest absolute Gasteiger partial charge is 0.378 e. The van der Waals surface area contributed by atoms with Gasteiger partial charge in [0.15, 0.2) is 0 Å². The van der Waals surface area contributed by atoms with Gasteiger partial charge in [-0.2, -0.15) is 4.31 Å². The lowest BCUT2D eigenvalue weighted by Crippen LogP contribution is -2.51. The van der Waals surface area contributed by atoms with Gasteiger partial charge in [-0.25, -0.2) is 12.8 Å². The third kappa shape index (κ3) is 3.67. The molecule has 0 radical (unpaired) electrons. The smallest absolute Gasteiger partial charge is 0.244 e. The standard InChI is InChI=1S/C16H20ClFN2O4S/c1-11-8-12(17)2-3-15(11)25(22,23)20-10-13(18)9-14(20)16(21)19-4-6-24-7-5-19/h2-3,8,13-14H,4-7,9-10H2,1H3/t13-,14-/m1/s1. The summed E-state index contributed by atoms with van der Waals surface area (Å²) in [6, 6.07) is 3.39. The topological polar surface area (TPSA) is 66.9 Å². The fourth-order valence-corrected chi connectivity index (χ4v) is 5.32. The fourth-order valence-electron chi connectivity index (χ4n) is 3.27. The molecule has 0 aliphatic carbocycles. The third-order valence-electron chi connectivity index (χ3n) is 4.54. The molecule has 3 rings (SSSR count). The summed E-state index contributed by atoms with van der Waals surface area (Å²) >= 11 is 5.89. The Morgan fingerprint density at radius 3 is 2.64 bits per heavy atom. The van der Waals surface area contributed by atoms with Crippen LogP contribution in [0.15, 0.2) is 23.1 Å². The van der Waals surface area contributed by atoms with Crippen LogP contribution in [0.4, 0.5) is 4.39 Å². The number of morpholine rings is 1. The first-order chi connectivity index (χ1) is 11.8. The van der Waals surface area contributed by atoms with Gasteiger partial charge < -0.3 is 9.64 Å². The molecule has 138 valence electrons. The molecule has 1 aromatic rings. The SMILES string of the molecule is Cc1cc(Cl)ccc1S(=O)(=O)N1C[C@H](F)C[C@@H]1C(=O)N1CCOCC1. The normalized spacial score (nSPS) is 25.3. The summed E-state index contributed by atoms with van der Waals surface area (Å²) in [7, 11) is -4.00. The highest BCUT2D eigenvalue weighted by molar-refractivity contribution is 7.89. The number of rotatable bonds is 3. The van der Waals surface area contributed by atoms with Crippen molar-refractivity contribution in [2.24, 2.45) is 0 Å². The molecule has 0 aromatic heterocycles. The summed E-state index contributed by atoms with van der Waals surface area (Å²) in [6.07, 6.45) is -1.49. The van der Waals surface area contributed by atoms with Crippen molar-refractivity contribution in [2.75, 3.05) is 32.8 Å². The average molecular weight is 391 g/mol. The summed E-state index contributed by atoms with van der Waals surface area (Å²) in [5.74, 6) is -0.362. The minimum Gasteiger partial charge on any atom is -0.378 e. The molecule has 1 amide bonds. The van der Waals surface area contributed by atoms with Crippen molar-refractivity contribution >= 4 is 27.5 Å². The number of alkyl halides is 1. The van der Waals surface area contributed by atoms with Gasteiger partial charge in [0, 0.05) is 31.1 Å². The van der Waals surface area contributed by atoms with Crippen molar-refractivity contribution in [1.82, 2.24) is 9.21 Å². The maximum absolute atomic E-state index is 14.0. The van der Waals surface area contributed by atoms with Crippen LogP contribution in [0.1, 0.15) is 12.0 Å². The summed E-state index contributed by atoms with van der Waals surface area (Å²) in [6.45, 7) is 2.90. The minimum absolute atomic E-state index is 0.0470. The highest BCUT2D eigenvalue weighted by Gasteiger charge is 2.46. The van der Waals surface area contributed by atoms with E-state index in [1.54, 1.807) is 11.8 Å². The van der Waals surface area contributed by atoms with Gasteiger partial charge in [0.1, 0.15) is 12.2 Å². The van der Waals surface area contributed by atoms with Crippen molar-refractivity contribution in [3.63, 3.8) is 0 Å². The van der Waals surface area contributed by atoms with Crippen LogP contribution in [-0.2, 0) is 19.6 Å². The molecule has 2 saturated heterocycles. The minimum atomic E-state index is -4.00. The van der Waals surface area contributed by atoms with Gasteiger partial charge in [0.25, 0.3) is 0 Å². The zero-order chi connectivity index (χ0) is 18.2. The maximum Gasteiger partial charge on any atom is 0.244 e. The van der Waals surface area contributed by atoms with E-state index in [2.05, 4.69) is 0 Å². The molecule has 2 fully saturated rings. The Bertz CT molecular complexity index is 767. The number of nitrogens with zero attached hydrogens (tertiary/aromatic N) is 2. The summed E-state index contributed by atoms with van der Waals surface area (Å²) in [5.41, 5.74) is 0.465. The Kier molecular flexibility index (Phi) is 5.34. The Hall–Kier alpha value is -1.22. The zero-order valence-electron chi connectivity index (χ0n) is 13.8. The van der Waals surface area contributed by atoms with E-state index in [0.717, 1.165) is 4.31 Å². The lowest BCUT2D eigenvalue weighted by Gasteiger charge is -2.32. The molecule has 2 aliphatic heterocycles. The molecule has 2 aliphatic rings. The molecule has 6 nitrogen and oxygen atoms in total. The van der Waals surface area contributed by atoms with Gasteiger partial charge in [-0.05, 0) is 30.7 Å². The van der Waals surface area contributed by atoms with Crippen LogP contribution in [-0.4, -0.2) is 68.6 Å². The van der Waals surface area contributed by atoms with Crippen LogP contribution in [0.3, 0.4) is 0 Å². The van der Waals surface area contributed by atoms with Crippen molar-refractivity contribution in [2.45, 2.75) is 30.5 Å². The van der Waals surface area contributed by atoms with Gasteiger partial charge >= 0.3 is 0 Å². The molecule has 0 N–H and O–H groups in total. The molecule has 25 heavy (non-hydrogen) atoms. The van der Waals surface area contributed by atoms with E-state index in [0.29, 0.717) is 36.9 Å². The van der Waals surface area contributed by atoms with E-state index >= 15 is 0 Å². The van der Waals surface area contributed by atoms with Crippen molar-refractivity contribution in [3.05, 3.63) is 28.8 Å². The lowest BCUT2D eigenvalue weighted by molar-refractivity contribution is -0.138. The summed E-state index contributed by atoms with van der Waals surface area (Å²) in [5, 5.41) is 0.419. The molecule has 0 saturated carbocycles. The van der Waals surface area contributed by atoms with E-state index in [-0.39, 0.29) is 23.8 Å². The molecule has 9 heteroatoms. The number of sulfonamides is 1. The van der Waals surface area contributed by atoms with E-state index in [4.69, 9.17) is 16.3 Å². The molecule has 1 aromatic carbocycles. The molecule has 0 bridgehead atoms.